The molecule has 0 aliphatic heterocycles. The molecule has 1 rings (SSSR count). The van der Waals surface area contributed by atoms with Crippen LogP contribution in [0.25, 0.3) is 0 Å². The first-order chi connectivity index (χ1) is 5.59. The molecule has 0 amide bonds. The largest absolute Gasteiger partial charge is 0.490 e. The van der Waals surface area contributed by atoms with Crippen molar-refractivity contribution in [2.75, 3.05) is 0 Å². The van der Waals surface area contributed by atoms with Crippen molar-refractivity contribution in [3.05, 3.63) is 27.7 Å². The van der Waals surface area contributed by atoms with Gasteiger partial charge in [-0.3, -0.25) is 0 Å². The molecule has 3 heteroatoms. The summed E-state index contributed by atoms with van der Waals surface area (Å²) in [4.78, 5) is 0. The van der Waals surface area contributed by atoms with Gasteiger partial charge in [0.15, 0.2) is 0 Å². The van der Waals surface area contributed by atoms with Gasteiger partial charge in [-0.05, 0) is 48.0 Å². The van der Waals surface area contributed by atoms with E-state index in [-0.39, 0.29) is 6.10 Å². The van der Waals surface area contributed by atoms with Crippen LogP contribution in [-0.4, -0.2) is 6.10 Å². The van der Waals surface area contributed by atoms with E-state index in [2.05, 4.69) is 15.9 Å². The van der Waals surface area contributed by atoms with Crippen molar-refractivity contribution in [2.45, 2.75) is 20.0 Å². The molecule has 0 radical (unpaired) electrons. The predicted molar refractivity (Wildman–Crippen MR) is 54.9 cm³/mol. The van der Waals surface area contributed by atoms with Gasteiger partial charge in [0, 0.05) is 5.02 Å². The smallest absolute Gasteiger partial charge is 0.133 e. The molecule has 0 spiro atoms. The lowest BCUT2D eigenvalue weighted by atomic mass is 10.3. The van der Waals surface area contributed by atoms with Gasteiger partial charge >= 0.3 is 0 Å². The second-order valence-electron chi connectivity index (χ2n) is 2.74. The molecule has 1 aromatic carbocycles. The van der Waals surface area contributed by atoms with Crippen molar-refractivity contribution in [2.24, 2.45) is 0 Å². The summed E-state index contributed by atoms with van der Waals surface area (Å²) in [7, 11) is 0. The van der Waals surface area contributed by atoms with E-state index in [1.54, 1.807) is 0 Å². The lowest BCUT2D eigenvalue weighted by Crippen LogP contribution is -2.05. The molecule has 1 nitrogen and oxygen atoms in total. The highest BCUT2D eigenvalue weighted by Gasteiger charge is 2.02. The molecule has 0 heterocycles. The SMILES string of the molecule is CC(C)Oc1ccc(Cl)cc1Br. The zero-order valence-corrected chi connectivity index (χ0v) is 9.32. The molecule has 1 aromatic rings. The van der Waals surface area contributed by atoms with Crippen molar-refractivity contribution in [3.63, 3.8) is 0 Å². The Kier molecular flexibility index (Phi) is 3.41. The fourth-order valence-electron chi connectivity index (χ4n) is 0.825. The molecule has 66 valence electrons. The second-order valence-corrected chi connectivity index (χ2v) is 4.03. The van der Waals surface area contributed by atoms with Crippen LogP contribution >= 0.6 is 27.5 Å². The number of hydrogen-bond donors (Lipinski definition) is 0. The summed E-state index contributed by atoms with van der Waals surface area (Å²) in [6.07, 6.45) is 0.183. The highest BCUT2D eigenvalue weighted by Crippen LogP contribution is 2.28. The Morgan fingerprint density at radius 3 is 2.58 bits per heavy atom. The van der Waals surface area contributed by atoms with Crippen LogP contribution < -0.4 is 4.74 Å². The van der Waals surface area contributed by atoms with Crippen LogP contribution in [-0.2, 0) is 0 Å². The number of rotatable bonds is 2. The number of hydrogen-bond acceptors (Lipinski definition) is 1. The first-order valence-corrected chi connectivity index (χ1v) is 4.88. The molecule has 0 unspecified atom stereocenters. The molecular formula is C9H10BrClO. The number of halogens is 2. The summed E-state index contributed by atoms with van der Waals surface area (Å²) in [5, 5.41) is 0.706. The van der Waals surface area contributed by atoms with Gasteiger partial charge in [0.2, 0.25) is 0 Å². The van der Waals surface area contributed by atoms with Crippen molar-refractivity contribution < 1.29 is 4.74 Å². The molecule has 0 N–H and O–H groups in total. The van der Waals surface area contributed by atoms with Crippen LogP contribution in [0, 0.1) is 0 Å². The minimum absolute atomic E-state index is 0.183. The van der Waals surface area contributed by atoms with Gasteiger partial charge in [-0.25, -0.2) is 0 Å². The number of ether oxygens (including phenoxy) is 1. The summed E-state index contributed by atoms with van der Waals surface area (Å²) >= 11 is 9.13. The van der Waals surface area contributed by atoms with E-state index in [1.165, 1.54) is 0 Å². The van der Waals surface area contributed by atoms with Crippen molar-refractivity contribution in [3.8, 4) is 5.75 Å². The molecular weight excluding hydrogens is 239 g/mol. The summed E-state index contributed by atoms with van der Waals surface area (Å²) in [5.74, 6) is 0.828. The monoisotopic (exact) mass is 248 g/mol. The predicted octanol–water partition coefficient (Wildman–Crippen LogP) is 3.89. The van der Waals surface area contributed by atoms with Crippen LogP contribution in [0.2, 0.25) is 5.02 Å². The molecule has 0 aliphatic rings. The van der Waals surface area contributed by atoms with Crippen LogP contribution in [0.1, 0.15) is 13.8 Å². The van der Waals surface area contributed by atoms with E-state index in [0.717, 1.165) is 10.2 Å². The van der Waals surface area contributed by atoms with E-state index < -0.39 is 0 Å². The van der Waals surface area contributed by atoms with Crippen LogP contribution in [0.5, 0.6) is 5.75 Å². The second kappa shape index (κ2) is 4.15. The molecule has 0 fully saturated rings. The van der Waals surface area contributed by atoms with Gasteiger partial charge < -0.3 is 4.74 Å². The molecule has 0 saturated heterocycles. The Morgan fingerprint density at radius 1 is 1.42 bits per heavy atom. The third-order valence-corrected chi connectivity index (χ3v) is 2.11. The average molecular weight is 250 g/mol. The van der Waals surface area contributed by atoms with Crippen molar-refractivity contribution in [1.29, 1.82) is 0 Å². The normalized spacial score (nSPS) is 10.4. The molecule has 0 saturated carbocycles. The standard InChI is InChI=1S/C9H10BrClO/c1-6(2)12-9-4-3-7(11)5-8(9)10/h3-6H,1-2H3. The summed E-state index contributed by atoms with van der Waals surface area (Å²) in [6.45, 7) is 3.97. The highest BCUT2D eigenvalue weighted by atomic mass is 79.9. The zero-order valence-electron chi connectivity index (χ0n) is 6.97. The topological polar surface area (TPSA) is 9.23 Å². The minimum atomic E-state index is 0.183. The third kappa shape index (κ3) is 2.68. The Morgan fingerprint density at radius 2 is 2.08 bits per heavy atom. The Bertz CT molecular complexity index is 273. The van der Waals surface area contributed by atoms with E-state index in [0.29, 0.717) is 5.02 Å². The third-order valence-electron chi connectivity index (χ3n) is 1.26. The van der Waals surface area contributed by atoms with Crippen molar-refractivity contribution in [1.82, 2.24) is 0 Å². The first-order valence-electron chi connectivity index (χ1n) is 3.71. The molecule has 0 atom stereocenters. The Labute approximate surface area is 85.8 Å². The fraction of sp³-hybridized carbons (Fsp3) is 0.333. The van der Waals surface area contributed by atoms with Crippen LogP contribution in [0.4, 0.5) is 0 Å². The summed E-state index contributed by atoms with van der Waals surface area (Å²) < 4.78 is 6.39. The Hall–Kier alpha value is -0.210. The first kappa shape index (κ1) is 9.87. The van der Waals surface area contributed by atoms with E-state index >= 15 is 0 Å². The summed E-state index contributed by atoms with van der Waals surface area (Å²) in [6, 6.07) is 5.48. The molecule has 0 aromatic heterocycles. The van der Waals surface area contributed by atoms with Crippen molar-refractivity contribution >= 4 is 27.5 Å². The van der Waals surface area contributed by atoms with E-state index in [9.17, 15) is 0 Å². The lowest BCUT2D eigenvalue weighted by Gasteiger charge is -2.10. The maximum Gasteiger partial charge on any atom is 0.133 e. The van der Waals surface area contributed by atoms with Gasteiger partial charge in [0.05, 0.1) is 10.6 Å². The van der Waals surface area contributed by atoms with E-state index in [1.807, 2.05) is 32.0 Å². The Balaban J connectivity index is 2.86. The van der Waals surface area contributed by atoms with Crippen LogP contribution in [0.15, 0.2) is 22.7 Å². The highest BCUT2D eigenvalue weighted by molar-refractivity contribution is 9.10. The van der Waals surface area contributed by atoms with Gasteiger partial charge in [-0.1, -0.05) is 11.6 Å². The average Bonchev–Trinajstić information content (AvgIpc) is 1.94. The van der Waals surface area contributed by atoms with Gasteiger partial charge in [-0.2, -0.15) is 0 Å². The lowest BCUT2D eigenvalue weighted by molar-refractivity contribution is 0.241. The summed E-state index contributed by atoms with van der Waals surface area (Å²) in [5.41, 5.74) is 0. The van der Waals surface area contributed by atoms with Gasteiger partial charge in [-0.15, -0.1) is 0 Å². The molecule has 0 aliphatic carbocycles. The van der Waals surface area contributed by atoms with Gasteiger partial charge in [0.1, 0.15) is 5.75 Å². The molecule has 0 bridgehead atoms. The van der Waals surface area contributed by atoms with Gasteiger partial charge in [0.25, 0.3) is 0 Å². The quantitative estimate of drug-likeness (QED) is 0.773. The van der Waals surface area contributed by atoms with Crippen LogP contribution in [0.3, 0.4) is 0 Å². The maximum atomic E-state index is 5.77. The zero-order chi connectivity index (χ0) is 9.14. The maximum absolute atomic E-state index is 5.77. The van der Waals surface area contributed by atoms with E-state index in [4.69, 9.17) is 16.3 Å². The molecule has 12 heavy (non-hydrogen) atoms. The fourth-order valence-corrected chi connectivity index (χ4v) is 1.60. The number of benzene rings is 1. The minimum Gasteiger partial charge on any atom is -0.490 e.